The Balaban J connectivity index is 2.10. The van der Waals surface area contributed by atoms with Gasteiger partial charge in [0, 0.05) is 33.2 Å². The van der Waals surface area contributed by atoms with Gasteiger partial charge in [-0.15, -0.1) is 0 Å². The van der Waals surface area contributed by atoms with Gasteiger partial charge in [-0.3, -0.25) is 13.9 Å². The molecule has 12 heteroatoms. The van der Waals surface area contributed by atoms with Crippen LogP contribution in [0, 0.1) is 0 Å². The van der Waals surface area contributed by atoms with Gasteiger partial charge in [-0.05, 0) is 87.4 Å². The van der Waals surface area contributed by atoms with Crippen molar-refractivity contribution in [3.8, 4) is 5.75 Å². The van der Waals surface area contributed by atoms with Crippen LogP contribution in [0.25, 0.3) is 0 Å². The Morgan fingerprint density at radius 1 is 0.884 bits per heavy atom. The number of nitrogens with one attached hydrogen (secondary N) is 1. The maximum Gasteiger partial charge on any atom is 0.264 e. The van der Waals surface area contributed by atoms with E-state index in [0.29, 0.717) is 39.4 Å². The number of amides is 2. The molecule has 0 fully saturated rings. The highest BCUT2D eigenvalue weighted by molar-refractivity contribution is 7.92. The van der Waals surface area contributed by atoms with Crippen LogP contribution in [0.4, 0.5) is 5.69 Å². The molecule has 0 aliphatic carbocycles. The summed E-state index contributed by atoms with van der Waals surface area (Å²) in [5, 5.41) is 3.94. The van der Waals surface area contributed by atoms with E-state index in [0.717, 1.165) is 4.31 Å². The highest BCUT2D eigenvalue weighted by Gasteiger charge is 2.34. The second-order valence-corrected chi connectivity index (χ2v) is 13.0. The van der Waals surface area contributed by atoms with E-state index in [1.165, 1.54) is 29.2 Å². The number of sulfonamides is 1. The zero-order valence-corrected chi connectivity index (χ0v) is 27.6. The van der Waals surface area contributed by atoms with Crippen molar-refractivity contribution in [1.82, 2.24) is 10.2 Å². The van der Waals surface area contributed by atoms with Crippen LogP contribution in [0.3, 0.4) is 0 Å². The normalized spacial score (nSPS) is 12.7. The molecule has 0 aliphatic heterocycles. The van der Waals surface area contributed by atoms with Gasteiger partial charge in [0.15, 0.2) is 0 Å². The molecule has 0 spiro atoms. The molecule has 0 heterocycles. The Morgan fingerprint density at radius 3 is 2.02 bits per heavy atom. The lowest BCUT2D eigenvalue weighted by atomic mass is 10.1. The van der Waals surface area contributed by atoms with E-state index in [1.54, 1.807) is 49.4 Å². The fourth-order valence-corrected chi connectivity index (χ4v) is 6.41. The predicted molar refractivity (Wildman–Crippen MR) is 173 cm³/mol. The highest BCUT2D eigenvalue weighted by Crippen LogP contribution is 2.30. The van der Waals surface area contributed by atoms with Gasteiger partial charge in [0.2, 0.25) is 11.8 Å². The molecule has 8 nitrogen and oxygen atoms in total. The van der Waals surface area contributed by atoms with Gasteiger partial charge in [0.1, 0.15) is 18.3 Å². The number of hydrogen-bond donors (Lipinski definition) is 1. The predicted octanol–water partition coefficient (Wildman–Crippen LogP) is 6.96. The lowest BCUT2D eigenvalue weighted by molar-refractivity contribution is -0.140. The zero-order chi connectivity index (χ0) is 31.7. The van der Waals surface area contributed by atoms with Crippen molar-refractivity contribution in [2.24, 2.45) is 0 Å². The van der Waals surface area contributed by atoms with Crippen LogP contribution in [-0.2, 0) is 26.2 Å². The molecular weight excluding hydrogens is 633 g/mol. The number of anilines is 1. The van der Waals surface area contributed by atoms with Gasteiger partial charge in [0.05, 0.1) is 17.2 Å². The number of carbonyl (C=O) groups excluding carboxylic acids is 2. The summed E-state index contributed by atoms with van der Waals surface area (Å²) >= 11 is 19.0. The first kappa shape index (κ1) is 34.5. The van der Waals surface area contributed by atoms with Crippen molar-refractivity contribution in [3.63, 3.8) is 0 Å². The van der Waals surface area contributed by atoms with E-state index >= 15 is 0 Å². The summed E-state index contributed by atoms with van der Waals surface area (Å²) in [5.41, 5.74) is 0.682. The fourth-order valence-electron chi connectivity index (χ4n) is 4.35. The lowest BCUT2D eigenvalue weighted by Crippen LogP contribution is -2.53. The smallest absolute Gasteiger partial charge is 0.264 e. The van der Waals surface area contributed by atoms with E-state index in [4.69, 9.17) is 39.5 Å². The highest BCUT2D eigenvalue weighted by atomic mass is 35.5. The van der Waals surface area contributed by atoms with Gasteiger partial charge >= 0.3 is 0 Å². The van der Waals surface area contributed by atoms with Gasteiger partial charge < -0.3 is 15.0 Å². The van der Waals surface area contributed by atoms with Crippen LogP contribution < -0.4 is 14.4 Å². The average molecular weight is 669 g/mol. The van der Waals surface area contributed by atoms with Crippen molar-refractivity contribution in [2.75, 3.05) is 17.5 Å². The third kappa shape index (κ3) is 8.79. The molecule has 0 bridgehead atoms. The molecule has 2 amide bonds. The van der Waals surface area contributed by atoms with Crippen LogP contribution in [0.15, 0.2) is 71.6 Å². The fraction of sp³-hybridized carbons (Fsp3) is 0.355. The van der Waals surface area contributed by atoms with Crippen LogP contribution in [0.2, 0.25) is 15.1 Å². The summed E-state index contributed by atoms with van der Waals surface area (Å²) in [6, 6.07) is 16.0. The maximum atomic E-state index is 14.2. The van der Waals surface area contributed by atoms with Gasteiger partial charge in [-0.2, -0.15) is 0 Å². The third-order valence-electron chi connectivity index (χ3n) is 6.89. The van der Waals surface area contributed by atoms with Crippen molar-refractivity contribution < 1.29 is 22.7 Å². The summed E-state index contributed by atoms with van der Waals surface area (Å²) in [6.45, 7) is 7.15. The van der Waals surface area contributed by atoms with E-state index in [2.05, 4.69) is 5.32 Å². The molecule has 0 saturated carbocycles. The Kier molecular flexibility index (Phi) is 12.6. The first-order valence-corrected chi connectivity index (χ1v) is 16.5. The molecule has 0 aliphatic rings. The molecule has 0 unspecified atom stereocenters. The number of carbonyl (C=O) groups is 2. The molecule has 0 radical (unpaired) electrons. The summed E-state index contributed by atoms with van der Waals surface area (Å²) in [4.78, 5) is 28.9. The molecule has 3 aromatic carbocycles. The first-order valence-electron chi connectivity index (χ1n) is 14.0. The van der Waals surface area contributed by atoms with Crippen LogP contribution in [0.5, 0.6) is 5.75 Å². The minimum atomic E-state index is -4.26. The minimum absolute atomic E-state index is 0.0548. The van der Waals surface area contributed by atoms with E-state index in [-0.39, 0.29) is 35.5 Å². The first-order chi connectivity index (χ1) is 20.4. The van der Waals surface area contributed by atoms with Crippen LogP contribution in [-0.4, -0.2) is 50.4 Å². The molecule has 232 valence electrons. The largest absolute Gasteiger partial charge is 0.494 e. The van der Waals surface area contributed by atoms with Gasteiger partial charge in [-0.25, -0.2) is 8.42 Å². The second kappa shape index (κ2) is 15.7. The monoisotopic (exact) mass is 667 g/mol. The Labute approximate surface area is 268 Å². The number of hydrogen-bond acceptors (Lipinski definition) is 5. The number of halogens is 3. The number of rotatable bonds is 14. The molecule has 3 rings (SSSR count). The Hall–Kier alpha value is -2.98. The molecule has 2 atom stereocenters. The summed E-state index contributed by atoms with van der Waals surface area (Å²) < 4.78 is 34.5. The number of nitrogens with zero attached hydrogens (tertiary/aromatic N) is 2. The minimum Gasteiger partial charge on any atom is -0.494 e. The molecule has 43 heavy (non-hydrogen) atoms. The molecule has 0 aromatic heterocycles. The zero-order valence-electron chi connectivity index (χ0n) is 24.5. The topological polar surface area (TPSA) is 96.0 Å². The van der Waals surface area contributed by atoms with Crippen molar-refractivity contribution >= 4 is 62.3 Å². The van der Waals surface area contributed by atoms with Crippen molar-refractivity contribution in [1.29, 1.82) is 0 Å². The number of ether oxygens (including phenoxy) is 1. The van der Waals surface area contributed by atoms with Crippen LogP contribution in [0.1, 0.15) is 46.1 Å². The van der Waals surface area contributed by atoms with E-state index < -0.39 is 28.5 Å². The lowest BCUT2D eigenvalue weighted by Gasteiger charge is -2.34. The average Bonchev–Trinajstić information content (AvgIpc) is 2.97. The Bertz CT molecular complexity index is 1480. The molecular formula is C31H36Cl3N3O5S. The van der Waals surface area contributed by atoms with Crippen LogP contribution >= 0.6 is 34.8 Å². The standard InChI is InChI=1S/C31H36Cl3N3O5S/c1-5-21(4)35-31(39)29(6-2)36(19-26-27(33)9-8-10-28(26)34)30(38)20-37(23-13-15-24(16-14-23)42-7-3)43(40,41)25-17-11-22(32)12-18-25/h8-18,21,29H,5-7,19-20H2,1-4H3,(H,35,39)/t21-,29-/m1/s1. The maximum absolute atomic E-state index is 14.2. The Morgan fingerprint density at radius 2 is 1.49 bits per heavy atom. The van der Waals surface area contributed by atoms with Crippen molar-refractivity contribution in [3.05, 3.63) is 87.4 Å². The molecule has 0 saturated heterocycles. The summed E-state index contributed by atoms with van der Waals surface area (Å²) in [6.07, 6.45) is 0.959. The molecule has 1 N–H and O–H groups in total. The van der Waals surface area contributed by atoms with Gasteiger partial charge in [0.25, 0.3) is 10.0 Å². The van der Waals surface area contributed by atoms with E-state index in [1.807, 2.05) is 20.8 Å². The van der Waals surface area contributed by atoms with Gasteiger partial charge in [-0.1, -0.05) is 54.7 Å². The molecule has 3 aromatic rings. The van der Waals surface area contributed by atoms with E-state index in [9.17, 15) is 18.0 Å². The number of benzene rings is 3. The SMILES string of the molecule is CCOc1ccc(N(CC(=O)N(Cc2c(Cl)cccc2Cl)[C@H](CC)C(=O)N[C@H](C)CC)S(=O)(=O)c2ccc(Cl)cc2)cc1. The summed E-state index contributed by atoms with van der Waals surface area (Å²) in [5.74, 6) is -0.431. The third-order valence-corrected chi connectivity index (χ3v) is 9.64. The summed E-state index contributed by atoms with van der Waals surface area (Å²) in [7, 11) is -4.26. The quantitative estimate of drug-likeness (QED) is 0.200. The van der Waals surface area contributed by atoms with Crippen molar-refractivity contribution in [2.45, 2.75) is 64.1 Å². The second-order valence-electron chi connectivity index (χ2n) is 9.86.